The van der Waals surface area contributed by atoms with Gasteiger partial charge in [-0.3, -0.25) is 19.2 Å². The smallest absolute Gasteiger partial charge is 0.266 e. The third kappa shape index (κ3) is 9.82. The van der Waals surface area contributed by atoms with Gasteiger partial charge in [-0.1, -0.05) is 114 Å². The van der Waals surface area contributed by atoms with Gasteiger partial charge >= 0.3 is 31.3 Å². The normalized spacial score (nSPS) is 15.3. The molecule has 1 atom stereocenters. The van der Waals surface area contributed by atoms with Crippen molar-refractivity contribution in [2.24, 2.45) is 5.92 Å². The maximum Gasteiger partial charge on any atom is 0.525 e. The Labute approximate surface area is 353 Å². The summed E-state index contributed by atoms with van der Waals surface area (Å²) in [5.74, 6) is -5.08. The van der Waals surface area contributed by atoms with E-state index in [0.717, 1.165) is 70.6 Å². The van der Waals surface area contributed by atoms with E-state index in [1.165, 1.54) is 36.4 Å². The highest BCUT2D eigenvalue weighted by molar-refractivity contribution is 7.87. The number of aryl methyl sites for hydroxylation is 1. The molecule has 4 amide bonds. The van der Waals surface area contributed by atoms with E-state index >= 15 is 0 Å². The van der Waals surface area contributed by atoms with Gasteiger partial charge in [-0.05, 0) is 71.3 Å². The Morgan fingerprint density at radius 3 is 1.40 bits per heavy atom. The van der Waals surface area contributed by atoms with Crippen molar-refractivity contribution in [2.45, 2.75) is 108 Å². The molecule has 0 aromatic heterocycles. The fourth-order valence-electron chi connectivity index (χ4n) is 7.99. The summed E-state index contributed by atoms with van der Waals surface area (Å²) in [5, 5.41) is 0.688. The van der Waals surface area contributed by atoms with Gasteiger partial charge in [-0.25, -0.2) is 0 Å². The Morgan fingerprint density at radius 1 is 0.532 bits per heavy atom. The van der Waals surface area contributed by atoms with Crippen molar-refractivity contribution in [1.29, 1.82) is 0 Å². The number of rotatable bonds is 20. The average Bonchev–Trinajstić information content (AvgIpc) is 3.20. The number of halogens is 6. The fraction of sp³-hybridized carbons (Fsp3) is 0.429. The number of unbranched alkanes of at least 4 members (excludes halogenated alkanes) is 8. The van der Waals surface area contributed by atoms with Crippen LogP contribution in [0.1, 0.15) is 137 Å². The number of hydrogen-bond acceptors (Lipinski definition) is 10. The Bertz CT molecular complexity index is 2630. The molecule has 0 bridgehead atoms. The number of nitrogens with zero attached hydrogens (tertiary/aromatic N) is 2. The van der Waals surface area contributed by atoms with Crippen LogP contribution in [-0.2, 0) is 41.6 Å². The maximum absolute atomic E-state index is 13.3. The minimum atomic E-state index is -6.31. The van der Waals surface area contributed by atoms with E-state index in [-0.39, 0.29) is 49.1 Å². The summed E-state index contributed by atoms with van der Waals surface area (Å²) in [4.78, 5) is 52.3. The zero-order valence-corrected chi connectivity index (χ0v) is 34.9. The Morgan fingerprint density at radius 2 is 0.935 bits per heavy atom. The van der Waals surface area contributed by atoms with Crippen LogP contribution in [0.4, 0.5) is 26.3 Å². The van der Waals surface area contributed by atoms with E-state index < -0.39 is 54.9 Å². The molecule has 0 spiro atoms. The number of carbonyl (C=O) groups excluding carboxylic acids is 4. The summed E-state index contributed by atoms with van der Waals surface area (Å²) in [6.07, 6.45) is 12.0. The van der Waals surface area contributed by atoms with Crippen molar-refractivity contribution in [1.82, 2.24) is 10.1 Å². The Kier molecular flexibility index (Phi) is 13.8. The van der Waals surface area contributed by atoms with Gasteiger partial charge in [-0.2, -0.15) is 43.2 Å². The van der Waals surface area contributed by atoms with Crippen LogP contribution in [0.15, 0.2) is 60.7 Å². The highest BCUT2D eigenvalue weighted by Gasteiger charge is 2.53. The van der Waals surface area contributed by atoms with Gasteiger partial charge in [0, 0.05) is 10.8 Å². The summed E-state index contributed by atoms with van der Waals surface area (Å²) < 4.78 is 133. The molecule has 0 saturated heterocycles. The summed E-state index contributed by atoms with van der Waals surface area (Å²) in [6.45, 7) is 2.09. The second-order valence-electron chi connectivity index (χ2n) is 15.4. The second-order valence-corrected chi connectivity index (χ2v) is 18.5. The SMILES string of the molecule is CCCCCC(CCCCCCCCCc1cc2c3c(cccc3c1)C(=O)N(OS(=O)(=O)C(F)(F)F)C2=O)Cc1cc2c3c(cccc3c1)C(=O)N(OS(=O)(=O)C(F)(F)F)C2=O. The first-order valence-corrected chi connectivity index (χ1v) is 22.9. The van der Waals surface area contributed by atoms with E-state index in [4.69, 9.17) is 0 Å². The number of carbonyl (C=O) groups is 4. The fourth-order valence-corrected chi connectivity index (χ4v) is 8.82. The molecule has 2 aliphatic heterocycles. The van der Waals surface area contributed by atoms with Gasteiger partial charge in [0.25, 0.3) is 23.6 Å². The van der Waals surface area contributed by atoms with Crippen molar-refractivity contribution in [3.05, 3.63) is 94.0 Å². The molecule has 4 aromatic carbocycles. The third-order valence-electron chi connectivity index (χ3n) is 11.0. The van der Waals surface area contributed by atoms with Crippen LogP contribution in [0.3, 0.4) is 0 Å². The predicted molar refractivity (Wildman–Crippen MR) is 213 cm³/mol. The van der Waals surface area contributed by atoms with Gasteiger partial charge in [-0.15, -0.1) is 18.7 Å². The molecule has 12 nitrogen and oxygen atoms in total. The van der Waals surface area contributed by atoms with Gasteiger partial charge in [0.05, 0.1) is 22.3 Å². The molecular weight excluding hydrogens is 871 g/mol. The highest BCUT2D eigenvalue weighted by atomic mass is 32.2. The van der Waals surface area contributed by atoms with Crippen molar-refractivity contribution in [3.63, 3.8) is 0 Å². The molecule has 1 unspecified atom stereocenters. The van der Waals surface area contributed by atoms with Gasteiger partial charge in [0.15, 0.2) is 0 Å². The van der Waals surface area contributed by atoms with Gasteiger partial charge in [0.2, 0.25) is 0 Å². The average molecular weight is 913 g/mol. The van der Waals surface area contributed by atoms with Gasteiger partial charge < -0.3 is 0 Å². The molecule has 4 aromatic rings. The lowest BCUT2D eigenvalue weighted by atomic mass is 9.86. The monoisotopic (exact) mass is 912 g/mol. The van der Waals surface area contributed by atoms with E-state index in [2.05, 4.69) is 15.5 Å². The summed E-state index contributed by atoms with van der Waals surface area (Å²) in [6, 6.07) is 15.4. The first-order chi connectivity index (χ1) is 29.1. The molecule has 0 aliphatic carbocycles. The largest absolute Gasteiger partial charge is 0.525 e. The Balaban J connectivity index is 1.02. The maximum atomic E-state index is 13.3. The molecule has 0 fully saturated rings. The standard InChI is InChI=1S/C42H42F6N2O10S2/c1-2-3-9-14-26(21-28-23-30-18-13-20-32-36(30)34(25-28)40(54)50(38(32)52)60-62(57,58)42(46,47)48)15-10-7-5-4-6-8-11-16-27-22-29-17-12-19-31-35(29)33(24-27)39(53)49(37(31)51)59-61(55,56)41(43,44)45/h12-13,17-20,22-26H,2-11,14-16,21H2,1H3. The first kappa shape index (κ1) is 46.6. The lowest BCUT2D eigenvalue weighted by Crippen LogP contribution is -2.44. The number of benzene rings is 4. The van der Waals surface area contributed by atoms with Crippen LogP contribution in [0.2, 0.25) is 0 Å². The molecule has 2 aliphatic rings. The molecule has 62 heavy (non-hydrogen) atoms. The third-order valence-corrected chi connectivity index (χ3v) is 12.8. The van der Waals surface area contributed by atoms with Crippen LogP contribution < -0.4 is 0 Å². The minimum Gasteiger partial charge on any atom is -0.266 e. The summed E-state index contributed by atoms with van der Waals surface area (Å²) in [7, 11) is -12.6. The number of imide groups is 2. The molecule has 20 heteroatoms. The van der Waals surface area contributed by atoms with Crippen LogP contribution in [0.5, 0.6) is 0 Å². The van der Waals surface area contributed by atoms with Crippen LogP contribution in [0.25, 0.3) is 21.5 Å². The molecule has 0 N–H and O–H groups in total. The predicted octanol–water partition coefficient (Wildman–Crippen LogP) is 9.85. The second kappa shape index (κ2) is 18.4. The number of hydroxylamine groups is 4. The summed E-state index contributed by atoms with van der Waals surface area (Å²) >= 11 is 0. The van der Waals surface area contributed by atoms with Crippen molar-refractivity contribution >= 4 is 65.4 Å². The van der Waals surface area contributed by atoms with Crippen LogP contribution in [0, 0.1) is 5.92 Å². The molecule has 334 valence electrons. The van der Waals surface area contributed by atoms with E-state index in [0.29, 0.717) is 41.2 Å². The van der Waals surface area contributed by atoms with Crippen molar-refractivity contribution in [3.8, 4) is 0 Å². The first-order valence-electron chi connectivity index (χ1n) is 20.1. The van der Waals surface area contributed by atoms with E-state index in [1.807, 2.05) is 6.07 Å². The number of hydrogen-bond donors (Lipinski definition) is 0. The van der Waals surface area contributed by atoms with E-state index in [9.17, 15) is 62.4 Å². The number of amides is 4. The molecule has 6 rings (SSSR count). The van der Waals surface area contributed by atoms with Crippen molar-refractivity contribution < 1.29 is 70.9 Å². The Hall–Kier alpha value is -4.92. The van der Waals surface area contributed by atoms with Crippen LogP contribution in [-0.4, -0.2) is 61.6 Å². The summed E-state index contributed by atoms with van der Waals surface area (Å²) in [5.41, 5.74) is -11.0. The minimum absolute atomic E-state index is 0.134. The van der Waals surface area contributed by atoms with Crippen LogP contribution >= 0.6 is 0 Å². The lowest BCUT2D eigenvalue weighted by Gasteiger charge is -2.26. The molecule has 2 heterocycles. The molecular formula is C42H42F6N2O10S2. The van der Waals surface area contributed by atoms with Crippen molar-refractivity contribution in [2.75, 3.05) is 0 Å². The lowest BCUT2D eigenvalue weighted by molar-refractivity contribution is -0.0768. The quantitative estimate of drug-likeness (QED) is 0.0361. The van der Waals surface area contributed by atoms with E-state index in [1.54, 1.807) is 18.2 Å². The number of alkyl halides is 6. The molecule has 0 radical (unpaired) electrons. The topological polar surface area (TPSA) is 161 Å². The highest BCUT2D eigenvalue weighted by Crippen LogP contribution is 2.37. The zero-order valence-electron chi connectivity index (χ0n) is 33.3. The zero-order chi connectivity index (χ0) is 45.2. The van der Waals surface area contributed by atoms with Gasteiger partial charge in [0.1, 0.15) is 0 Å². The molecule has 0 saturated carbocycles.